The minimum absolute atomic E-state index is 0.0173. The van der Waals surface area contributed by atoms with Crippen LogP contribution < -0.4 is 5.32 Å². The van der Waals surface area contributed by atoms with Gasteiger partial charge in [-0.15, -0.1) is 21.8 Å². The van der Waals surface area contributed by atoms with E-state index in [0.29, 0.717) is 11.0 Å². The molecule has 6 heteroatoms. The molecule has 1 aromatic rings. The molecule has 1 heterocycles. The topological polar surface area (TPSA) is 54.9 Å². The predicted octanol–water partition coefficient (Wildman–Crippen LogP) is 2.44. The van der Waals surface area contributed by atoms with E-state index in [1.165, 1.54) is 11.3 Å². The van der Waals surface area contributed by atoms with Crippen molar-refractivity contribution >= 4 is 34.0 Å². The first-order valence-corrected chi connectivity index (χ1v) is 6.15. The van der Waals surface area contributed by atoms with Crippen molar-refractivity contribution in [2.24, 2.45) is 5.92 Å². The normalized spacial score (nSPS) is 12.5. The Bertz CT molecular complexity index is 329. The monoisotopic (exact) mass is 247 g/mol. The number of rotatable bonds is 5. The van der Waals surface area contributed by atoms with Crippen LogP contribution in [0.2, 0.25) is 0 Å². The minimum Gasteiger partial charge on any atom is -0.300 e. The molecule has 0 aliphatic rings. The minimum atomic E-state index is -0.0343. The molecule has 1 atom stereocenters. The van der Waals surface area contributed by atoms with Crippen molar-refractivity contribution in [3.8, 4) is 0 Å². The van der Waals surface area contributed by atoms with Gasteiger partial charge in [0.15, 0.2) is 0 Å². The van der Waals surface area contributed by atoms with Crippen molar-refractivity contribution in [2.75, 3.05) is 11.2 Å². The number of aryl methyl sites for hydroxylation is 1. The van der Waals surface area contributed by atoms with E-state index in [9.17, 15) is 4.79 Å². The van der Waals surface area contributed by atoms with Crippen molar-refractivity contribution in [2.45, 2.75) is 26.7 Å². The summed E-state index contributed by atoms with van der Waals surface area (Å²) in [6.45, 7) is 3.74. The fourth-order valence-electron chi connectivity index (χ4n) is 1.09. The van der Waals surface area contributed by atoms with E-state index < -0.39 is 0 Å². The molecule has 1 aromatic heterocycles. The lowest BCUT2D eigenvalue weighted by molar-refractivity contribution is -0.119. The van der Waals surface area contributed by atoms with E-state index in [1.807, 2.05) is 13.8 Å². The van der Waals surface area contributed by atoms with Crippen LogP contribution in [-0.4, -0.2) is 22.0 Å². The Morgan fingerprint density at radius 3 is 2.87 bits per heavy atom. The van der Waals surface area contributed by atoms with Crippen molar-refractivity contribution in [3.05, 3.63) is 5.01 Å². The number of nitrogens with zero attached hydrogens (tertiary/aromatic N) is 2. The summed E-state index contributed by atoms with van der Waals surface area (Å²) in [5.74, 6) is 0.541. The van der Waals surface area contributed by atoms with Crippen LogP contribution in [0.1, 0.15) is 24.8 Å². The molecule has 0 aliphatic heterocycles. The summed E-state index contributed by atoms with van der Waals surface area (Å²) >= 11 is 6.94. The van der Waals surface area contributed by atoms with Crippen molar-refractivity contribution in [1.82, 2.24) is 10.2 Å². The third kappa shape index (κ3) is 4.13. The molecule has 0 spiro atoms. The number of amides is 1. The number of hydrogen-bond acceptors (Lipinski definition) is 4. The second kappa shape index (κ2) is 6.02. The molecule has 0 saturated heterocycles. The zero-order chi connectivity index (χ0) is 11.3. The number of carbonyl (C=O) groups excluding carboxylic acids is 1. The summed E-state index contributed by atoms with van der Waals surface area (Å²) in [6.07, 6.45) is 1.65. The molecule has 1 amide bonds. The third-order valence-corrected chi connectivity index (χ3v) is 3.00. The highest BCUT2D eigenvalue weighted by Gasteiger charge is 2.14. The van der Waals surface area contributed by atoms with E-state index in [0.717, 1.165) is 17.8 Å². The van der Waals surface area contributed by atoms with Crippen LogP contribution in [0.5, 0.6) is 0 Å². The van der Waals surface area contributed by atoms with Gasteiger partial charge in [-0.3, -0.25) is 4.79 Å². The van der Waals surface area contributed by atoms with E-state index in [4.69, 9.17) is 11.6 Å². The Labute approximate surface area is 98.0 Å². The summed E-state index contributed by atoms with van der Waals surface area (Å²) < 4.78 is 0. The third-order valence-electron chi connectivity index (χ3n) is 1.97. The lowest BCUT2D eigenvalue weighted by Crippen LogP contribution is -2.20. The molecule has 1 rings (SSSR count). The van der Waals surface area contributed by atoms with Crippen LogP contribution in [0.15, 0.2) is 0 Å². The SMILES string of the molecule is Cc1nnc(NC(=O)C(C)CCCCl)s1. The molecule has 0 saturated carbocycles. The summed E-state index contributed by atoms with van der Waals surface area (Å²) in [5.41, 5.74) is 0. The molecule has 4 nitrogen and oxygen atoms in total. The first-order chi connectivity index (χ1) is 7.13. The molecular formula is C9H14ClN3OS. The molecule has 0 fully saturated rings. The zero-order valence-electron chi connectivity index (χ0n) is 8.79. The maximum Gasteiger partial charge on any atom is 0.229 e. The average molecular weight is 248 g/mol. The maximum absolute atomic E-state index is 11.6. The van der Waals surface area contributed by atoms with Gasteiger partial charge in [0.05, 0.1) is 0 Å². The summed E-state index contributed by atoms with van der Waals surface area (Å²) in [4.78, 5) is 11.6. The first kappa shape index (κ1) is 12.4. The van der Waals surface area contributed by atoms with E-state index >= 15 is 0 Å². The van der Waals surface area contributed by atoms with Gasteiger partial charge in [0.1, 0.15) is 5.01 Å². The molecule has 0 radical (unpaired) electrons. The Kier molecular flexibility index (Phi) is 4.98. The average Bonchev–Trinajstić information content (AvgIpc) is 2.60. The van der Waals surface area contributed by atoms with Crippen LogP contribution in [0, 0.1) is 12.8 Å². The fraction of sp³-hybridized carbons (Fsp3) is 0.667. The van der Waals surface area contributed by atoms with Crippen LogP contribution in [0.3, 0.4) is 0 Å². The van der Waals surface area contributed by atoms with Gasteiger partial charge < -0.3 is 5.32 Å². The van der Waals surface area contributed by atoms with E-state index in [2.05, 4.69) is 15.5 Å². The lowest BCUT2D eigenvalue weighted by Gasteiger charge is -2.08. The van der Waals surface area contributed by atoms with E-state index in [-0.39, 0.29) is 11.8 Å². The van der Waals surface area contributed by atoms with Gasteiger partial charge in [-0.05, 0) is 19.8 Å². The number of anilines is 1. The van der Waals surface area contributed by atoms with Gasteiger partial charge in [0.25, 0.3) is 0 Å². The Morgan fingerprint density at radius 1 is 1.60 bits per heavy atom. The highest BCUT2D eigenvalue weighted by Crippen LogP contribution is 2.16. The molecular weight excluding hydrogens is 234 g/mol. The van der Waals surface area contributed by atoms with Crippen LogP contribution >= 0.6 is 22.9 Å². The predicted molar refractivity (Wildman–Crippen MR) is 62.4 cm³/mol. The molecule has 0 aromatic carbocycles. The molecule has 1 unspecified atom stereocenters. The van der Waals surface area contributed by atoms with Crippen molar-refractivity contribution < 1.29 is 4.79 Å². The zero-order valence-corrected chi connectivity index (χ0v) is 10.4. The highest BCUT2D eigenvalue weighted by atomic mass is 35.5. The number of hydrogen-bond donors (Lipinski definition) is 1. The van der Waals surface area contributed by atoms with Crippen LogP contribution in [0.25, 0.3) is 0 Å². The van der Waals surface area contributed by atoms with Gasteiger partial charge in [-0.25, -0.2) is 0 Å². The van der Waals surface area contributed by atoms with E-state index in [1.54, 1.807) is 0 Å². The number of alkyl halides is 1. The summed E-state index contributed by atoms with van der Waals surface area (Å²) in [6, 6.07) is 0. The second-order valence-corrected chi connectivity index (χ2v) is 4.91. The molecule has 1 N–H and O–H groups in total. The quantitative estimate of drug-likeness (QED) is 0.814. The molecule has 0 aliphatic carbocycles. The number of nitrogens with one attached hydrogen (secondary N) is 1. The first-order valence-electron chi connectivity index (χ1n) is 4.80. The number of carbonyl (C=O) groups is 1. The van der Waals surface area contributed by atoms with Gasteiger partial charge in [-0.2, -0.15) is 0 Å². The van der Waals surface area contributed by atoms with Crippen LogP contribution in [-0.2, 0) is 4.79 Å². The standard InChI is InChI=1S/C9H14ClN3OS/c1-6(4-3-5-10)8(14)11-9-13-12-7(2)15-9/h6H,3-5H2,1-2H3,(H,11,13,14). The Hall–Kier alpha value is -0.680. The Balaban J connectivity index is 2.41. The fourth-order valence-corrected chi connectivity index (χ4v) is 1.84. The summed E-state index contributed by atoms with van der Waals surface area (Å²) in [7, 11) is 0. The molecule has 84 valence electrons. The lowest BCUT2D eigenvalue weighted by atomic mass is 10.1. The molecule has 0 bridgehead atoms. The van der Waals surface area contributed by atoms with Gasteiger partial charge in [0.2, 0.25) is 11.0 Å². The van der Waals surface area contributed by atoms with Crippen molar-refractivity contribution in [1.29, 1.82) is 0 Å². The van der Waals surface area contributed by atoms with Crippen molar-refractivity contribution in [3.63, 3.8) is 0 Å². The van der Waals surface area contributed by atoms with Crippen LogP contribution in [0.4, 0.5) is 5.13 Å². The smallest absolute Gasteiger partial charge is 0.229 e. The second-order valence-electron chi connectivity index (χ2n) is 3.35. The molecule has 15 heavy (non-hydrogen) atoms. The van der Waals surface area contributed by atoms with Gasteiger partial charge in [-0.1, -0.05) is 18.3 Å². The highest BCUT2D eigenvalue weighted by molar-refractivity contribution is 7.15. The Morgan fingerprint density at radius 2 is 2.33 bits per heavy atom. The van der Waals surface area contributed by atoms with Gasteiger partial charge >= 0.3 is 0 Å². The number of aromatic nitrogens is 2. The maximum atomic E-state index is 11.6. The summed E-state index contributed by atoms with van der Waals surface area (Å²) in [5, 5.41) is 11.8. The van der Waals surface area contributed by atoms with Gasteiger partial charge in [0, 0.05) is 11.8 Å². The number of halogens is 1. The largest absolute Gasteiger partial charge is 0.300 e.